The second kappa shape index (κ2) is 3.72. The maximum atomic E-state index is 11.5. The summed E-state index contributed by atoms with van der Waals surface area (Å²) in [6.07, 6.45) is 3.63. The van der Waals surface area contributed by atoms with Gasteiger partial charge in [0.2, 0.25) is 5.91 Å². The number of likely N-dealkylation sites (N-methyl/N-ethyl adjacent to an activating group) is 1. The van der Waals surface area contributed by atoms with Gasteiger partial charge in [-0.25, -0.2) is 4.98 Å². The number of hydrogen-bond donors (Lipinski definition) is 2. The maximum Gasteiger partial charge on any atom is 0.290 e. The van der Waals surface area contributed by atoms with E-state index in [-0.39, 0.29) is 23.3 Å². The van der Waals surface area contributed by atoms with E-state index >= 15 is 0 Å². The number of aromatic nitrogens is 2. The lowest BCUT2D eigenvalue weighted by Gasteiger charge is -2.11. The Labute approximate surface area is 86.3 Å². The number of aromatic amines is 1. The zero-order valence-electron chi connectivity index (χ0n) is 8.36. The van der Waals surface area contributed by atoms with Gasteiger partial charge in [-0.1, -0.05) is 0 Å². The summed E-state index contributed by atoms with van der Waals surface area (Å²) in [5.41, 5.74) is -0.306. The van der Waals surface area contributed by atoms with E-state index in [1.54, 1.807) is 11.9 Å². The molecule has 1 unspecified atom stereocenters. The summed E-state index contributed by atoms with van der Waals surface area (Å²) in [5, 5.41) is 2.84. The van der Waals surface area contributed by atoms with Crippen LogP contribution in [-0.2, 0) is 4.79 Å². The Morgan fingerprint density at radius 1 is 1.60 bits per heavy atom. The quantitative estimate of drug-likeness (QED) is 0.681. The Balaban J connectivity index is 2.14. The fourth-order valence-corrected chi connectivity index (χ4v) is 1.58. The van der Waals surface area contributed by atoms with Gasteiger partial charge in [0, 0.05) is 26.0 Å². The van der Waals surface area contributed by atoms with E-state index in [2.05, 4.69) is 15.3 Å². The van der Waals surface area contributed by atoms with Crippen molar-refractivity contribution in [3.63, 3.8) is 0 Å². The van der Waals surface area contributed by atoms with Gasteiger partial charge >= 0.3 is 0 Å². The molecule has 1 fully saturated rings. The maximum absolute atomic E-state index is 11.5. The van der Waals surface area contributed by atoms with Gasteiger partial charge in [0.1, 0.15) is 6.04 Å². The van der Waals surface area contributed by atoms with Gasteiger partial charge in [-0.3, -0.25) is 9.59 Å². The first-order chi connectivity index (χ1) is 7.18. The Bertz CT molecular complexity index is 428. The van der Waals surface area contributed by atoms with E-state index in [9.17, 15) is 9.59 Å². The van der Waals surface area contributed by atoms with Crippen LogP contribution in [0.5, 0.6) is 0 Å². The second-order valence-corrected chi connectivity index (χ2v) is 3.51. The number of H-pyrrole nitrogens is 1. The Hall–Kier alpha value is -1.85. The summed E-state index contributed by atoms with van der Waals surface area (Å²) < 4.78 is 0. The number of nitrogens with zero attached hydrogens (tertiary/aromatic N) is 2. The Morgan fingerprint density at radius 2 is 2.40 bits per heavy atom. The third-order valence-electron chi connectivity index (χ3n) is 2.45. The van der Waals surface area contributed by atoms with Gasteiger partial charge < -0.3 is 15.2 Å². The first-order valence-electron chi connectivity index (χ1n) is 4.73. The van der Waals surface area contributed by atoms with Gasteiger partial charge in [-0.2, -0.15) is 0 Å². The zero-order chi connectivity index (χ0) is 10.8. The summed E-state index contributed by atoms with van der Waals surface area (Å²) in [6, 6.07) is -0.328. The van der Waals surface area contributed by atoms with Crippen LogP contribution in [0.3, 0.4) is 0 Å². The van der Waals surface area contributed by atoms with E-state index in [0.29, 0.717) is 13.0 Å². The molecule has 0 aromatic carbocycles. The van der Waals surface area contributed by atoms with E-state index in [0.717, 1.165) is 0 Å². The van der Waals surface area contributed by atoms with E-state index < -0.39 is 0 Å². The molecular formula is C9H12N4O2. The highest BCUT2D eigenvalue weighted by molar-refractivity contribution is 5.86. The molecule has 0 saturated carbocycles. The van der Waals surface area contributed by atoms with Crippen molar-refractivity contribution in [3.8, 4) is 0 Å². The molecule has 2 N–H and O–H groups in total. The largest absolute Gasteiger partial charge is 0.354 e. The number of hydrogen-bond acceptors (Lipinski definition) is 4. The van der Waals surface area contributed by atoms with Gasteiger partial charge in [0.25, 0.3) is 5.56 Å². The summed E-state index contributed by atoms with van der Waals surface area (Å²) in [6.45, 7) is 0.710. The molecule has 80 valence electrons. The minimum Gasteiger partial charge on any atom is -0.354 e. The van der Waals surface area contributed by atoms with E-state index in [4.69, 9.17) is 0 Å². The molecule has 1 aromatic rings. The molecule has 1 aliphatic rings. The number of amides is 1. The minimum absolute atomic E-state index is 0.0000491. The molecule has 2 rings (SSSR count). The van der Waals surface area contributed by atoms with Crippen molar-refractivity contribution in [2.24, 2.45) is 0 Å². The first kappa shape index (κ1) is 9.70. The summed E-state index contributed by atoms with van der Waals surface area (Å²) in [4.78, 5) is 30.8. The van der Waals surface area contributed by atoms with Crippen molar-refractivity contribution in [2.75, 3.05) is 18.9 Å². The normalized spacial score (nSPS) is 20.7. The molecule has 0 radical (unpaired) electrons. The molecule has 1 amide bonds. The highest BCUT2D eigenvalue weighted by atomic mass is 16.2. The summed E-state index contributed by atoms with van der Waals surface area (Å²) in [5.74, 6) is 0.200. The first-order valence-corrected chi connectivity index (χ1v) is 4.73. The number of carbonyl (C=O) groups excluding carboxylic acids is 1. The van der Waals surface area contributed by atoms with Crippen LogP contribution in [0.25, 0.3) is 0 Å². The molecule has 1 saturated heterocycles. The smallest absolute Gasteiger partial charge is 0.290 e. The van der Waals surface area contributed by atoms with Crippen molar-refractivity contribution < 1.29 is 4.79 Å². The third-order valence-corrected chi connectivity index (χ3v) is 2.45. The summed E-state index contributed by atoms with van der Waals surface area (Å²) >= 11 is 0. The standard InChI is InChI=1S/C9H12N4O2/c1-13-5-2-6(9(13)15)12-7-8(14)11-4-3-10-7/h3-4,6H,2,5H2,1H3,(H,10,12)(H,11,14). The fourth-order valence-electron chi connectivity index (χ4n) is 1.58. The fraction of sp³-hybridized carbons (Fsp3) is 0.444. The van der Waals surface area contributed by atoms with Gasteiger partial charge in [-0.05, 0) is 6.42 Å². The van der Waals surface area contributed by atoms with Crippen molar-refractivity contribution >= 4 is 11.7 Å². The van der Waals surface area contributed by atoms with Crippen LogP contribution in [0.15, 0.2) is 17.2 Å². The van der Waals surface area contributed by atoms with E-state index in [1.165, 1.54) is 12.4 Å². The molecule has 1 aromatic heterocycles. The van der Waals surface area contributed by atoms with E-state index in [1.807, 2.05) is 0 Å². The number of anilines is 1. The number of carbonyl (C=O) groups is 1. The molecule has 2 heterocycles. The lowest BCUT2D eigenvalue weighted by atomic mass is 10.2. The number of rotatable bonds is 2. The average Bonchev–Trinajstić information content (AvgIpc) is 2.53. The predicted octanol–water partition coefficient (Wildman–Crippen LogP) is -0.588. The molecule has 0 bridgehead atoms. The van der Waals surface area contributed by atoms with Crippen LogP contribution in [0.1, 0.15) is 6.42 Å². The second-order valence-electron chi connectivity index (χ2n) is 3.51. The van der Waals surface area contributed by atoms with Crippen LogP contribution >= 0.6 is 0 Å². The Kier molecular flexibility index (Phi) is 2.40. The van der Waals surface area contributed by atoms with Crippen LogP contribution in [0, 0.1) is 0 Å². The molecule has 15 heavy (non-hydrogen) atoms. The van der Waals surface area contributed by atoms with Gasteiger partial charge in [0.05, 0.1) is 0 Å². The van der Waals surface area contributed by atoms with Crippen molar-refractivity contribution in [1.82, 2.24) is 14.9 Å². The summed E-state index contributed by atoms with van der Waals surface area (Å²) in [7, 11) is 1.74. The van der Waals surface area contributed by atoms with Crippen LogP contribution in [-0.4, -0.2) is 40.4 Å². The SMILES string of the molecule is CN1CCC(Nc2ncc[nH]c2=O)C1=O. The topological polar surface area (TPSA) is 78.1 Å². The lowest BCUT2D eigenvalue weighted by molar-refractivity contribution is -0.127. The average molecular weight is 208 g/mol. The molecule has 1 atom stereocenters. The molecule has 6 heteroatoms. The number of likely N-dealkylation sites (tertiary alicyclic amines) is 1. The Morgan fingerprint density at radius 3 is 3.00 bits per heavy atom. The van der Waals surface area contributed by atoms with Gasteiger partial charge in [-0.15, -0.1) is 0 Å². The third kappa shape index (κ3) is 1.83. The lowest BCUT2D eigenvalue weighted by Crippen LogP contribution is -2.33. The van der Waals surface area contributed by atoms with Crippen molar-refractivity contribution in [3.05, 3.63) is 22.7 Å². The molecular weight excluding hydrogens is 196 g/mol. The molecule has 0 spiro atoms. The monoisotopic (exact) mass is 208 g/mol. The molecule has 0 aliphatic carbocycles. The minimum atomic E-state index is -0.328. The van der Waals surface area contributed by atoms with Gasteiger partial charge in [0.15, 0.2) is 5.82 Å². The zero-order valence-corrected chi connectivity index (χ0v) is 8.36. The van der Waals surface area contributed by atoms with Crippen LogP contribution in [0.4, 0.5) is 5.82 Å². The highest BCUT2D eigenvalue weighted by Crippen LogP contribution is 2.11. The van der Waals surface area contributed by atoms with Crippen molar-refractivity contribution in [2.45, 2.75) is 12.5 Å². The van der Waals surface area contributed by atoms with Crippen molar-refractivity contribution in [1.29, 1.82) is 0 Å². The van der Waals surface area contributed by atoms with Crippen LogP contribution in [0.2, 0.25) is 0 Å². The van der Waals surface area contributed by atoms with Crippen LogP contribution < -0.4 is 10.9 Å². The number of nitrogens with one attached hydrogen (secondary N) is 2. The molecule has 6 nitrogen and oxygen atoms in total. The highest BCUT2D eigenvalue weighted by Gasteiger charge is 2.29. The molecule has 1 aliphatic heterocycles. The predicted molar refractivity (Wildman–Crippen MR) is 54.5 cm³/mol.